The molecule has 524 valence electrons. The molecule has 4 aliphatic carbocycles. The van der Waals surface area contributed by atoms with Crippen molar-refractivity contribution in [2.45, 2.75) is 241 Å². The van der Waals surface area contributed by atoms with Crippen molar-refractivity contribution in [1.82, 2.24) is 0 Å². The number of carbonyl (C=O) groups excluding carboxylic acids is 2. The molecule has 7 fully saturated rings. The van der Waals surface area contributed by atoms with Gasteiger partial charge in [0.25, 0.3) is 0 Å². The highest BCUT2D eigenvalue weighted by Gasteiger charge is 2.68. The average Bonchev–Trinajstić information content (AvgIpc) is 1.67. The molecule has 9 rings (SSSR count). The summed E-state index contributed by atoms with van der Waals surface area (Å²) in [6.45, 7) is 8.50. The van der Waals surface area contributed by atoms with Crippen LogP contribution in [0.4, 0.5) is 0 Å². The second-order valence-corrected chi connectivity index (χ2v) is 29.6. The Bertz CT molecular complexity index is 3010. The second kappa shape index (κ2) is 26.9. The van der Waals surface area contributed by atoms with Crippen molar-refractivity contribution in [3.8, 4) is 0 Å². The number of aliphatic hydroxyl groups excluding tert-OH is 10. The number of aliphatic hydroxyl groups is 10. The maximum absolute atomic E-state index is 14.8. The molecule has 30 unspecified atom stereocenters. The van der Waals surface area contributed by atoms with E-state index in [2.05, 4.69) is 8.37 Å². The van der Waals surface area contributed by atoms with Crippen LogP contribution in [0.3, 0.4) is 0 Å². The number of hydrogen-bond acceptors (Lipinski definition) is 32. The third-order valence-corrected chi connectivity index (χ3v) is 21.9. The molecule has 5 heterocycles. The van der Waals surface area contributed by atoms with E-state index in [1.165, 1.54) is 13.8 Å². The first-order valence-electron chi connectivity index (χ1n) is 29.6. The lowest BCUT2D eigenvalue weighted by atomic mass is 9.42. The topological polar surface area (TPSA) is 529 Å². The van der Waals surface area contributed by atoms with E-state index in [0.29, 0.717) is 30.4 Å². The first kappa shape index (κ1) is 73.1. The molecule has 38 heteroatoms. The van der Waals surface area contributed by atoms with Gasteiger partial charge in [0.2, 0.25) is 0 Å². The number of hydrogen-bond donors (Lipinski definition) is 13. The van der Waals surface area contributed by atoms with Crippen LogP contribution in [0.1, 0.15) is 87.0 Å². The third kappa shape index (κ3) is 14.3. The van der Waals surface area contributed by atoms with Crippen molar-refractivity contribution in [3.63, 3.8) is 0 Å². The Kier molecular flexibility index (Phi) is 21.6. The highest BCUT2D eigenvalue weighted by Crippen LogP contribution is 2.71. The van der Waals surface area contributed by atoms with E-state index < -0.39 is 239 Å². The smallest absolute Gasteiger partial charge is 0.389 e. The Labute approximate surface area is 523 Å². The third-order valence-electron chi connectivity index (χ3n) is 20.6. The van der Waals surface area contributed by atoms with Crippen molar-refractivity contribution < 1.29 is 164 Å². The van der Waals surface area contributed by atoms with Gasteiger partial charge in [-0.25, -0.2) is 12.5 Å². The van der Waals surface area contributed by atoms with Crippen molar-refractivity contribution in [2.75, 3.05) is 33.5 Å². The summed E-state index contributed by atoms with van der Waals surface area (Å²) in [5, 5.41) is 114. The maximum atomic E-state index is 14.8. The predicted molar refractivity (Wildman–Crippen MR) is 293 cm³/mol. The van der Waals surface area contributed by atoms with Gasteiger partial charge in [0.15, 0.2) is 37.2 Å². The van der Waals surface area contributed by atoms with Gasteiger partial charge in [-0.3, -0.25) is 23.2 Å². The molecular formula is C53H84O35S3. The van der Waals surface area contributed by atoms with E-state index in [1.807, 2.05) is 34.6 Å². The normalized spacial score (nSPS) is 48.1. The summed E-state index contributed by atoms with van der Waals surface area (Å²) in [6, 6.07) is 0. The summed E-state index contributed by atoms with van der Waals surface area (Å²) in [6.07, 6.45) is -46.5. The number of methoxy groups -OCH3 is 1. The highest BCUT2D eigenvalue weighted by molar-refractivity contribution is 7.81. The van der Waals surface area contributed by atoms with Crippen molar-refractivity contribution in [2.24, 2.45) is 33.5 Å². The molecule has 0 radical (unpaired) electrons. The standard InChI is InChI=1S/C53H84O35S3/c1-19(54)21-9-12-52(6)31-22(55)13-28-50(3,4)29(10-11-51(28,5)30(31)23(56)14-53(21,52)7)83-48-43(35(61)27(16-77-48)88-91(72,73)74)87-49-44(86-45-36(62)32(58)24(57)15-76-45)37(63)40(20(2)80-49)84-47-39(65)42(34(60)26(82-47)18-79-90(69,70)71)85-46-38(64)41(75-8)33(59)25(81-46)17-78-89(66,67)68/h20-21,23-29,32-49,56-65H,9-18H2,1-8H3,(H,66,67,68)(H,69,70,71)(H,72,73,74). The Hall–Kier alpha value is -2.15. The zero-order chi connectivity index (χ0) is 67.4. The number of Topliss-reactive ketones (excluding diaryl/α,β-unsaturated/α-hetero) is 2. The minimum atomic E-state index is -5.36. The lowest BCUT2D eigenvalue weighted by Gasteiger charge is -2.62. The van der Waals surface area contributed by atoms with Crippen LogP contribution in [-0.2, 0) is 105 Å². The maximum Gasteiger partial charge on any atom is 0.397 e. The quantitative estimate of drug-likeness (QED) is 0.0510. The Morgan fingerprint density at radius 1 is 0.582 bits per heavy atom. The van der Waals surface area contributed by atoms with Crippen LogP contribution in [0, 0.1) is 33.5 Å². The van der Waals surface area contributed by atoms with Crippen LogP contribution in [0.25, 0.3) is 0 Å². The summed E-state index contributed by atoms with van der Waals surface area (Å²) in [4.78, 5) is 27.8. The molecule has 9 aliphatic rings. The van der Waals surface area contributed by atoms with E-state index >= 15 is 0 Å². The monoisotopic (exact) mass is 1380 g/mol. The lowest BCUT2D eigenvalue weighted by molar-refractivity contribution is -0.402. The molecule has 13 N–H and O–H groups in total. The van der Waals surface area contributed by atoms with Gasteiger partial charge in [-0.05, 0) is 73.7 Å². The fourth-order valence-electron chi connectivity index (χ4n) is 15.7. The minimum absolute atomic E-state index is 0.00470. The number of carbonyl (C=O) groups is 2. The number of allylic oxidation sites excluding steroid dienone is 1. The number of rotatable bonds is 20. The van der Waals surface area contributed by atoms with Crippen LogP contribution in [0.5, 0.6) is 0 Å². The number of fused-ring (bicyclic) bond motifs is 4. The van der Waals surface area contributed by atoms with Gasteiger partial charge in [0.05, 0.1) is 44.7 Å². The molecule has 0 aromatic carbocycles. The van der Waals surface area contributed by atoms with E-state index in [0.717, 1.165) is 7.11 Å². The Balaban J connectivity index is 1.01. The van der Waals surface area contributed by atoms with Gasteiger partial charge in [0, 0.05) is 30.4 Å². The fraction of sp³-hybridized carbons (Fsp3) is 0.925. The highest BCUT2D eigenvalue weighted by atomic mass is 32.3. The Morgan fingerprint density at radius 2 is 1.12 bits per heavy atom. The molecule has 0 spiro atoms. The van der Waals surface area contributed by atoms with Crippen LogP contribution >= 0.6 is 0 Å². The average molecular weight is 1380 g/mol. The summed E-state index contributed by atoms with van der Waals surface area (Å²) in [5.41, 5.74) is -2.08. The lowest BCUT2D eigenvalue weighted by Crippen LogP contribution is -2.68. The largest absolute Gasteiger partial charge is 0.397 e. The zero-order valence-electron chi connectivity index (χ0n) is 50.7. The second-order valence-electron chi connectivity index (χ2n) is 26.3. The molecule has 0 aromatic heterocycles. The van der Waals surface area contributed by atoms with E-state index in [4.69, 9.17) is 56.3 Å². The van der Waals surface area contributed by atoms with Crippen LogP contribution in [0.2, 0.25) is 0 Å². The predicted octanol–water partition coefficient (Wildman–Crippen LogP) is -4.60. The fourth-order valence-corrected chi connectivity index (χ4v) is 16.8. The van der Waals surface area contributed by atoms with Crippen LogP contribution < -0.4 is 0 Å². The van der Waals surface area contributed by atoms with E-state index in [-0.39, 0.29) is 36.7 Å². The van der Waals surface area contributed by atoms with Crippen LogP contribution in [-0.4, -0.2) is 289 Å². The summed E-state index contributed by atoms with van der Waals surface area (Å²) in [7, 11) is -14.9. The van der Waals surface area contributed by atoms with Crippen molar-refractivity contribution in [1.29, 1.82) is 0 Å². The van der Waals surface area contributed by atoms with E-state index in [1.54, 1.807) is 0 Å². The van der Waals surface area contributed by atoms with Crippen molar-refractivity contribution in [3.05, 3.63) is 11.1 Å². The molecule has 91 heavy (non-hydrogen) atoms. The molecule has 0 bridgehead atoms. The SMILES string of the molecule is COC1C(O)C(COS(=O)(=O)O)OC(OC2C(O)C(COS(=O)(=O)O)OC(OC3C(C)OC(OC4C(OC5CCC6(C)C7=C(C(=O)CC6C5(C)C)C5(C)CCC(C(C)=O)C5(C)CC7O)OCC(OS(=O)(=O)O)C4O)C(OC4OCC(O)C(O)C4O)C3O)C2O)C1O. The first-order valence-corrected chi connectivity index (χ1v) is 33.6. The molecule has 0 amide bonds. The van der Waals surface area contributed by atoms with Crippen molar-refractivity contribution >= 4 is 42.8 Å². The van der Waals surface area contributed by atoms with Crippen LogP contribution in [0.15, 0.2) is 11.1 Å². The first-order chi connectivity index (χ1) is 42.1. The molecule has 0 aromatic rings. The number of ketones is 2. The molecule has 5 saturated heterocycles. The Morgan fingerprint density at radius 3 is 1.69 bits per heavy atom. The summed E-state index contributed by atoms with van der Waals surface area (Å²) in [5.74, 6) is -1.11. The van der Waals surface area contributed by atoms with E-state index in [9.17, 15) is 99.6 Å². The van der Waals surface area contributed by atoms with Gasteiger partial charge in [-0.1, -0.05) is 34.6 Å². The van der Waals surface area contributed by atoms with Gasteiger partial charge in [-0.2, -0.15) is 25.3 Å². The molecular weight excluding hydrogens is 1290 g/mol. The van der Waals surface area contributed by atoms with Gasteiger partial charge >= 0.3 is 31.2 Å². The summed E-state index contributed by atoms with van der Waals surface area (Å²) >= 11 is 0. The molecule has 30 atom stereocenters. The minimum Gasteiger partial charge on any atom is -0.389 e. The number of ether oxygens (including phenoxy) is 11. The zero-order valence-corrected chi connectivity index (χ0v) is 53.1. The van der Waals surface area contributed by atoms with Gasteiger partial charge in [0.1, 0.15) is 110 Å². The van der Waals surface area contributed by atoms with Gasteiger partial charge in [-0.15, -0.1) is 0 Å². The molecule has 2 saturated carbocycles. The van der Waals surface area contributed by atoms with Gasteiger partial charge < -0.3 is 103 Å². The molecule has 35 nitrogen and oxygen atoms in total. The molecule has 5 aliphatic heterocycles. The summed E-state index contributed by atoms with van der Waals surface area (Å²) < 4.78 is 178.